The molecule has 0 radical (unpaired) electrons. The van der Waals surface area contributed by atoms with Crippen LogP contribution >= 0.6 is 0 Å². The first-order chi connectivity index (χ1) is 5.88. The minimum absolute atomic E-state index is 0.590. The largest absolute Gasteiger partial charge is 0.317 e. The van der Waals surface area contributed by atoms with Crippen LogP contribution in [0.15, 0.2) is 0 Å². The van der Waals surface area contributed by atoms with Gasteiger partial charge in [0.1, 0.15) is 0 Å². The topological polar surface area (TPSA) is 35.8 Å². The molecule has 1 N–H and O–H groups in total. The van der Waals surface area contributed by atoms with Gasteiger partial charge in [-0.1, -0.05) is 12.8 Å². The van der Waals surface area contributed by atoms with Gasteiger partial charge >= 0.3 is 0 Å². The van der Waals surface area contributed by atoms with Gasteiger partial charge in [-0.15, -0.1) is 0 Å². The van der Waals surface area contributed by atoms with Crippen molar-refractivity contribution in [1.29, 1.82) is 5.26 Å². The molecular formula is C10H18N2. The van der Waals surface area contributed by atoms with E-state index in [2.05, 4.69) is 11.4 Å². The summed E-state index contributed by atoms with van der Waals surface area (Å²) >= 11 is 0. The van der Waals surface area contributed by atoms with E-state index in [1.54, 1.807) is 0 Å². The molecule has 68 valence electrons. The van der Waals surface area contributed by atoms with Crippen LogP contribution in [0.25, 0.3) is 0 Å². The maximum atomic E-state index is 8.48. The van der Waals surface area contributed by atoms with Crippen LogP contribution in [0.2, 0.25) is 0 Å². The molecule has 1 fully saturated rings. The van der Waals surface area contributed by atoms with Crippen LogP contribution in [-0.4, -0.2) is 13.1 Å². The highest BCUT2D eigenvalue weighted by atomic mass is 14.9. The first-order valence-electron chi connectivity index (χ1n) is 4.92. The minimum Gasteiger partial charge on any atom is -0.317 e. The van der Waals surface area contributed by atoms with Gasteiger partial charge in [-0.3, -0.25) is 0 Å². The van der Waals surface area contributed by atoms with Crippen LogP contribution in [0, 0.1) is 17.2 Å². The normalized spacial score (nSPS) is 20.7. The van der Waals surface area contributed by atoms with Gasteiger partial charge < -0.3 is 5.32 Å². The molecule has 1 saturated carbocycles. The Labute approximate surface area is 75.0 Å². The van der Waals surface area contributed by atoms with E-state index in [-0.39, 0.29) is 0 Å². The molecule has 0 heterocycles. The van der Waals surface area contributed by atoms with E-state index in [0.29, 0.717) is 12.5 Å². The lowest BCUT2D eigenvalue weighted by molar-refractivity contribution is 0.363. The molecule has 0 spiro atoms. The van der Waals surface area contributed by atoms with Crippen LogP contribution in [-0.2, 0) is 0 Å². The summed E-state index contributed by atoms with van der Waals surface area (Å²) in [5.74, 6) is 0.836. The second-order valence-corrected chi connectivity index (χ2v) is 3.64. The molecule has 2 nitrogen and oxygen atoms in total. The fourth-order valence-corrected chi connectivity index (χ4v) is 2.20. The van der Waals surface area contributed by atoms with Gasteiger partial charge in [-0.25, -0.2) is 0 Å². The zero-order chi connectivity index (χ0) is 8.81. The lowest BCUT2D eigenvalue weighted by atomic mass is 9.94. The van der Waals surface area contributed by atoms with Crippen LogP contribution < -0.4 is 5.32 Å². The number of nitrogens with one attached hydrogen (secondary N) is 1. The van der Waals surface area contributed by atoms with E-state index < -0.39 is 0 Å². The van der Waals surface area contributed by atoms with Gasteiger partial charge in [-0.2, -0.15) is 5.26 Å². The number of nitriles is 1. The average molecular weight is 166 g/mol. The molecule has 0 saturated heterocycles. The molecule has 1 aliphatic carbocycles. The molecule has 0 amide bonds. The number of rotatable bonds is 4. The fourth-order valence-electron chi connectivity index (χ4n) is 2.20. The predicted molar refractivity (Wildman–Crippen MR) is 49.7 cm³/mol. The summed E-state index contributed by atoms with van der Waals surface area (Å²) < 4.78 is 0. The summed E-state index contributed by atoms with van der Waals surface area (Å²) in [5, 5.41) is 11.8. The Morgan fingerprint density at radius 2 is 2.17 bits per heavy atom. The van der Waals surface area contributed by atoms with E-state index in [9.17, 15) is 0 Å². The van der Waals surface area contributed by atoms with Crippen LogP contribution in [0.1, 0.15) is 38.5 Å². The molecule has 0 aromatic rings. The molecular weight excluding hydrogens is 148 g/mol. The lowest BCUT2D eigenvalue weighted by Gasteiger charge is -2.21. The molecule has 1 atom stereocenters. The van der Waals surface area contributed by atoms with Crippen molar-refractivity contribution in [2.24, 2.45) is 5.92 Å². The summed E-state index contributed by atoms with van der Waals surface area (Å²) in [7, 11) is 2.01. The fraction of sp³-hybridized carbons (Fsp3) is 0.900. The summed E-state index contributed by atoms with van der Waals surface area (Å²) in [4.78, 5) is 0. The van der Waals surface area contributed by atoms with E-state index in [4.69, 9.17) is 5.26 Å². The Balaban J connectivity index is 2.28. The predicted octanol–water partition coefficient (Wildman–Crippen LogP) is 2.07. The molecule has 1 unspecified atom stereocenters. The lowest BCUT2D eigenvalue weighted by Crippen LogP contribution is -2.31. The summed E-state index contributed by atoms with van der Waals surface area (Å²) in [5.41, 5.74) is 0. The number of hydrogen-bond donors (Lipinski definition) is 1. The van der Waals surface area contributed by atoms with Gasteiger partial charge in [0.05, 0.1) is 6.07 Å². The maximum Gasteiger partial charge on any atom is 0.0622 e. The average Bonchev–Trinajstić information content (AvgIpc) is 2.59. The Morgan fingerprint density at radius 3 is 2.67 bits per heavy atom. The van der Waals surface area contributed by atoms with Crippen molar-refractivity contribution in [3.8, 4) is 6.07 Å². The molecule has 12 heavy (non-hydrogen) atoms. The van der Waals surface area contributed by atoms with Crippen molar-refractivity contribution in [3.63, 3.8) is 0 Å². The van der Waals surface area contributed by atoms with Crippen LogP contribution in [0.4, 0.5) is 0 Å². The number of hydrogen-bond acceptors (Lipinski definition) is 2. The van der Waals surface area contributed by atoms with Crippen LogP contribution in [0.5, 0.6) is 0 Å². The highest BCUT2D eigenvalue weighted by Crippen LogP contribution is 2.29. The van der Waals surface area contributed by atoms with Gasteiger partial charge in [-0.05, 0) is 32.2 Å². The maximum absolute atomic E-state index is 8.48. The van der Waals surface area contributed by atoms with Crippen molar-refractivity contribution in [2.45, 2.75) is 44.6 Å². The molecule has 1 aliphatic rings. The first-order valence-corrected chi connectivity index (χ1v) is 4.92. The third-order valence-corrected chi connectivity index (χ3v) is 2.91. The standard InChI is InChI=1S/C10H18N2/c1-12-10(7-4-8-11)9-5-2-3-6-9/h9-10,12H,2-7H2,1H3. The van der Waals surface area contributed by atoms with Crippen LogP contribution in [0.3, 0.4) is 0 Å². The van der Waals surface area contributed by atoms with Gasteiger partial charge in [0.25, 0.3) is 0 Å². The Morgan fingerprint density at radius 1 is 1.50 bits per heavy atom. The zero-order valence-corrected chi connectivity index (χ0v) is 7.84. The second-order valence-electron chi connectivity index (χ2n) is 3.64. The van der Waals surface area contributed by atoms with E-state index in [0.717, 1.165) is 12.3 Å². The van der Waals surface area contributed by atoms with Gasteiger partial charge in [0.15, 0.2) is 0 Å². The quantitative estimate of drug-likeness (QED) is 0.694. The molecule has 0 aromatic carbocycles. The Bertz CT molecular complexity index is 154. The van der Waals surface area contributed by atoms with Gasteiger partial charge in [0.2, 0.25) is 0 Å². The number of nitrogens with zero attached hydrogens (tertiary/aromatic N) is 1. The summed E-state index contributed by atoms with van der Waals surface area (Å²) in [6.07, 6.45) is 7.21. The third kappa shape index (κ3) is 2.49. The third-order valence-electron chi connectivity index (χ3n) is 2.91. The monoisotopic (exact) mass is 166 g/mol. The van der Waals surface area contributed by atoms with E-state index in [1.165, 1.54) is 25.7 Å². The summed E-state index contributed by atoms with van der Waals surface area (Å²) in [6.45, 7) is 0. The zero-order valence-electron chi connectivity index (χ0n) is 7.84. The Hall–Kier alpha value is -0.550. The molecule has 2 heteroatoms. The molecule has 1 rings (SSSR count). The van der Waals surface area contributed by atoms with Crippen molar-refractivity contribution in [1.82, 2.24) is 5.32 Å². The minimum atomic E-state index is 0.590. The Kier molecular flexibility index (Phi) is 4.10. The van der Waals surface area contributed by atoms with Crippen molar-refractivity contribution in [3.05, 3.63) is 0 Å². The smallest absolute Gasteiger partial charge is 0.0622 e. The van der Waals surface area contributed by atoms with E-state index in [1.807, 2.05) is 7.05 Å². The van der Waals surface area contributed by atoms with Gasteiger partial charge in [0, 0.05) is 12.5 Å². The second kappa shape index (κ2) is 5.16. The highest BCUT2D eigenvalue weighted by Gasteiger charge is 2.22. The highest BCUT2D eigenvalue weighted by molar-refractivity contribution is 4.82. The first kappa shape index (κ1) is 9.54. The van der Waals surface area contributed by atoms with Crippen molar-refractivity contribution < 1.29 is 0 Å². The van der Waals surface area contributed by atoms with E-state index >= 15 is 0 Å². The summed E-state index contributed by atoms with van der Waals surface area (Å²) in [6, 6.07) is 2.81. The molecule has 0 aliphatic heterocycles. The molecule has 0 bridgehead atoms. The van der Waals surface area contributed by atoms with Crippen molar-refractivity contribution >= 4 is 0 Å². The SMILES string of the molecule is CNC(CCC#N)C1CCCC1. The van der Waals surface area contributed by atoms with Crippen molar-refractivity contribution in [2.75, 3.05) is 7.05 Å². The molecule has 0 aromatic heterocycles.